The fraction of sp³-hybridized carbons (Fsp3) is 0.600. The van der Waals surface area contributed by atoms with E-state index in [4.69, 9.17) is 0 Å². The molecule has 0 aromatic rings. The molecule has 1 aliphatic heterocycles. The predicted octanol–water partition coefficient (Wildman–Crippen LogP) is 1.94. The average Bonchev–Trinajstić information content (AvgIpc) is 1.91. The molecular weight excluding hydrogens is 201 g/mol. The zero-order valence-electron chi connectivity index (χ0n) is 4.26. The van der Waals surface area contributed by atoms with E-state index in [1.165, 1.54) is 6.42 Å². The van der Waals surface area contributed by atoms with E-state index in [0.717, 1.165) is 6.04 Å². The quantitative estimate of drug-likeness (QED) is 0.435. The molecule has 1 rings (SSSR count). The SMILES string of the molecule is CC1CC=CN1I. The lowest BCUT2D eigenvalue weighted by Gasteiger charge is -2.10. The zero-order chi connectivity index (χ0) is 5.28. The normalized spacial score (nSPS) is 29.4. The summed E-state index contributed by atoms with van der Waals surface area (Å²) in [4.78, 5) is 0. The van der Waals surface area contributed by atoms with Crippen molar-refractivity contribution in [1.29, 1.82) is 0 Å². The van der Waals surface area contributed by atoms with Crippen molar-refractivity contribution in [2.45, 2.75) is 19.4 Å². The molecule has 0 saturated heterocycles. The maximum atomic E-state index is 2.30. The molecule has 0 fully saturated rings. The molecule has 0 spiro atoms. The lowest BCUT2D eigenvalue weighted by molar-refractivity contribution is 0.548. The van der Waals surface area contributed by atoms with Crippen LogP contribution in [-0.4, -0.2) is 9.16 Å². The van der Waals surface area contributed by atoms with E-state index in [2.05, 4.69) is 45.2 Å². The highest BCUT2D eigenvalue weighted by molar-refractivity contribution is 14.1. The van der Waals surface area contributed by atoms with Crippen molar-refractivity contribution in [3.8, 4) is 0 Å². The summed E-state index contributed by atoms with van der Waals surface area (Å²) in [7, 11) is 0. The molecule has 0 N–H and O–H groups in total. The van der Waals surface area contributed by atoms with Gasteiger partial charge < -0.3 is 3.11 Å². The van der Waals surface area contributed by atoms with Gasteiger partial charge in [0.25, 0.3) is 0 Å². The number of rotatable bonds is 0. The second kappa shape index (κ2) is 2.03. The van der Waals surface area contributed by atoms with Crippen molar-refractivity contribution in [2.75, 3.05) is 0 Å². The molecule has 1 unspecified atom stereocenters. The Bertz CT molecular complexity index is 90.1. The van der Waals surface area contributed by atoms with Crippen LogP contribution in [0.4, 0.5) is 0 Å². The molecule has 0 saturated carbocycles. The standard InChI is InChI=1S/C5H8IN/c1-5-3-2-4-7(5)6/h2,4-5H,3H2,1H3. The molecule has 7 heavy (non-hydrogen) atoms. The summed E-state index contributed by atoms with van der Waals surface area (Å²) in [6.07, 6.45) is 5.52. The third-order valence-electron chi connectivity index (χ3n) is 1.15. The molecule has 0 radical (unpaired) electrons. The molecule has 1 aliphatic rings. The zero-order valence-corrected chi connectivity index (χ0v) is 6.42. The summed E-state index contributed by atoms with van der Waals surface area (Å²) in [6, 6.07) is 0.723. The number of nitrogens with zero attached hydrogens (tertiary/aromatic N) is 1. The number of hydrogen-bond acceptors (Lipinski definition) is 1. The van der Waals surface area contributed by atoms with Crippen molar-refractivity contribution in [3.63, 3.8) is 0 Å². The van der Waals surface area contributed by atoms with Crippen LogP contribution >= 0.6 is 22.9 Å². The largest absolute Gasteiger partial charge is 0.319 e. The van der Waals surface area contributed by atoms with Crippen LogP contribution in [0.15, 0.2) is 12.3 Å². The molecule has 0 aromatic carbocycles. The molecule has 1 atom stereocenters. The van der Waals surface area contributed by atoms with Crippen molar-refractivity contribution < 1.29 is 0 Å². The Hall–Kier alpha value is 0.270. The van der Waals surface area contributed by atoms with Crippen molar-refractivity contribution in [1.82, 2.24) is 3.11 Å². The van der Waals surface area contributed by atoms with Crippen molar-refractivity contribution in [3.05, 3.63) is 12.3 Å². The Morgan fingerprint density at radius 3 is 2.71 bits per heavy atom. The molecule has 0 aromatic heterocycles. The first-order valence-corrected chi connectivity index (χ1v) is 3.38. The van der Waals surface area contributed by atoms with Gasteiger partial charge in [-0.3, -0.25) is 0 Å². The van der Waals surface area contributed by atoms with Crippen LogP contribution in [0.2, 0.25) is 0 Å². The van der Waals surface area contributed by atoms with E-state index in [0.29, 0.717) is 0 Å². The van der Waals surface area contributed by atoms with E-state index in [9.17, 15) is 0 Å². The molecule has 40 valence electrons. The minimum absolute atomic E-state index is 0.723. The average molecular weight is 209 g/mol. The number of hydrogen-bond donors (Lipinski definition) is 0. The lowest BCUT2D eigenvalue weighted by Crippen LogP contribution is -2.10. The van der Waals surface area contributed by atoms with Gasteiger partial charge in [0.05, 0.1) is 22.9 Å². The van der Waals surface area contributed by atoms with Crippen LogP contribution < -0.4 is 0 Å². The Morgan fingerprint density at radius 2 is 2.57 bits per heavy atom. The summed E-state index contributed by atoms with van der Waals surface area (Å²) in [6.45, 7) is 2.21. The number of halogens is 1. The van der Waals surface area contributed by atoms with Crippen LogP contribution in [0.5, 0.6) is 0 Å². The Labute approximate surface area is 57.9 Å². The van der Waals surface area contributed by atoms with E-state index < -0.39 is 0 Å². The van der Waals surface area contributed by atoms with E-state index in [1.807, 2.05) is 0 Å². The fourth-order valence-corrected chi connectivity index (χ4v) is 1.06. The van der Waals surface area contributed by atoms with Crippen LogP contribution in [0, 0.1) is 0 Å². The highest BCUT2D eigenvalue weighted by atomic mass is 127. The van der Waals surface area contributed by atoms with E-state index in [-0.39, 0.29) is 0 Å². The summed E-state index contributed by atoms with van der Waals surface area (Å²) in [5.41, 5.74) is 0. The maximum Gasteiger partial charge on any atom is 0.0588 e. The van der Waals surface area contributed by atoms with Crippen molar-refractivity contribution >= 4 is 22.9 Å². The summed E-state index contributed by atoms with van der Waals surface area (Å²) >= 11 is 2.30. The highest BCUT2D eigenvalue weighted by Crippen LogP contribution is 2.16. The second-order valence-corrected chi connectivity index (χ2v) is 2.93. The van der Waals surface area contributed by atoms with Gasteiger partial charge in [0.15, 0.2) is 0 Å². The highest BCUT2D eigenvalue weighted by Gasteiger charge is 2.08. The van der Waals surface area contributed by atoms with Gasteiger partial charge in [0.1, 0.15) is 0 Å². The molecular formula is C5H8IN. The topological polar surface area (TPSA) is 3.24 Å². The van der Waals surface area contributed by atoms with Crippen molar-refractivity contribution in [2.24, 2.45) is 0 Å². The maximum absolute atomic E-state index is 2.30. The molecule has 1 nitrogen and oxygen atoms in total. The monoisotopic (exact) mass is 209 g/mol. The van der Waals surface area contributed by atoms with Crippen LogP contribution in [0.3, 0.4) is 0 Å². The second-order valence-electron chi connectivity index (χ2n) is 1.81. The van der Waals surface area contributed by atoms with Gasteiger partial charge >= 0.3 is 0 Å². The van der Waals surface area contributed by atoms with E-state index >= 15 is 0 Å². The molecule has 0 amide bonds. The Balaban J connectivity index is 2.45. The Kier molecular flexibility index (Phi) is 1.57. The first-order chi connectivity index (χ1) is 3.30. The minimum atomic E-state index is 0.723. The third kappa shape index (κ3) is 1.08. The first-order valence-electron chi connectivity index (χ1n) is 2.41. The molecule has 2 heteroatoms. The van der Waals surface area contributed by atoms with Gasteiger partial charge in [-0.15, -0.1) is 0 Å². The van der Waals surface area contributed by atoms with Crippen LogP contribution in [-0.2, 0) is 0 Å². The smallest absolute Gasteiger partial charge is 0.0588 e. The van der Waals surface area contributed by atoms with E-state index in [1.54, 1.807) is 0 Å². The van der Waals surface area contributed by atoms with Gasteiger partial charge in [-0.25, -0.2) is 0 Å². The Morgan fingerprint density at radius 1 is 1.86 bits per heavy atom. The lowest BCUT2D eigenvalue weighted by atomic mass is 10.3. The summed E-state index contributed by atoms with van der Waals surface area (Å²) in [5, 5.41) is 0. The summed E-state index contributed by atoms with van der Waals surface area (Å²) in [5.74, 6) is 0. The fourth-order valence-electron chi connectivity index (χ4n) is 0.606. The van der Waals surface area contributed by atoms with Crippen LogP contribution in [0.1, 0.15) is 13.3 Å². The minimum Gasteiger partial charge on any atom is -0.319 e. The molecule has 0 bridgehead atoms. The summed E-state index contributed by atoms with van der Waals surface area (Å²) < 4.78 is 2.19. The molecule has 1 heterocycles. The van der Waals surface area contributed by atoms with Gasteiger partial charge in [0, 0.05) is 12.2 Å². The van der Waals surface area contributed by atoms with Gasteiger partial charge in [-0.05, 0) is 13.3 Å². The van der Waals surface area contributed by atoms with Gasteiger partial charge in [0.2, 0.25) is 0 Å². The third-order valence-corrected chi connectivity index (χ3v) is 2.42. The molecule has 0 aliphatic carbocycles. The first kappa shape index (κ1) is 5.41. The predicted molar refractivity (Wildman–Crippen MR) is 39.1 cm³/mol. The van der Waals surface area contributed by atoms with Crippen LogP contribution in [0.25, 0.3) is 0 Å². The van der Waals surface area contributed by atoms with Gasteiger partial charge in [-0.2, -0.15) is 0 Å². The van der Waals surface area contributed by atoms with Gasteiger partial charge in [-0.1, -0.05) is 6.08 Å².